The Kier molecular flexibility index (Phi) is 5.34. The zero-order valence-corrected chi connectivity index (χ0v) is 9.26. The molecule has 0 fully saturated rings. The summed E-state index contributed by atoms with van der Waals surface area (Å²) in [5.41, 5.74) is 13.8. The molecule has 0 saturated heterocycles. The molecule has 1 aromatic heterocycles. The average Bonchev–Trinajstić information content (AvgIpc) is 2.35. The van der Waals surface area contributed by atoms with Gasteiger partial charge in [0.25, 0.3) is 0 Å². The first kappa shape index (κ1) is 13.1. The van der Waals surface area contributed by atoms with Crippen LogP contribution < -0.4 is 11.5 Å². The molecule has 0 aliphatic rings. The fourth-order valence-electron chi connectivity index (χ4n) is 1.52. The quantitative estimate of drug-likeness (QED) is 0.504. The molecule has 5 heteroatoms. The first-order chi connectivity index (χ1) is 7.74. The fourth-order valence-corrected chi connectivity index (χ4v) is 1.52. The molecule has 0 saturated carbocycles. The summed E-state index contributed by atoms with van der Waals surface area (Å²) in [4.78, 5) is 4.27. The van der Waals surface area contributed by atoms with Gasteiger partial charge in [-0.25, -0.2) is 0 Å². The van der Waals surface area contributed by atoms with Crippen molar-refractivity contribution in [2.75, 3.05) is 13.2 Å². The van der Waals surface area contributed by atoms with Crippen LogP contribution in [0.15, 0.2) is 12.3 Å². The van der Waals surface area contributed by atoms with Crippen molar-refractivity contribution in [2.24, 2.45) is 17.4 Å². The Bertz CT molecular complexity index is 327. The van der Waals surface area contributed by atoms with Gasteiger partial charge in [-0.2, -0.15) is 0 Å². The van der Waals surface area contributed by atoms with Gasteiger partial charge in [0.1, 0.15) is 0 Å². The van der Waals surface area contributed by atoms with Crippen LogP contribution in [0.3, 0.4) is 0 Å². The molecule has 0 aliphatic heterocycles. The van der Waals surface area contributed by atoms with E-state index in [0.29, 0.717) is 19.5 Å². The van der Waals surface area contributed by atoms with Gasteiger partial charge in [0, 0.05) is 44.1 Å². The lowest BCUT2D eigenvalue weighted by Gasteiger charge is -2.13. The van der Waals surface area contributed by atoms with E-state index in [9.17, 15) is 0 Å². The van der Waals surface area contributed by atoms with Crippen molar-refractivity contribution in [1.82, 2.24) is 4.98 Å². The molecular weight excluding hydrogens is 206 g/mol. The number of aliphatic hydroxyl groups excluding tert-OH is 2. The fraction of sp³-hybridized carbons (Fsp3) is 0.545. The van der Waals surface area contributed by atoms with Crippen LogP contribution in [0.2, 0.25) is 0 Å². The molecule has 1 heterocycles. The molecule has 0 bridgehead atoms. The van der Waals surface area contributed by atoms with E-state index in [0.717, 1.165) is 16.8 Å². The Balaban J connectivity index is 2.86. The Morgan fingerprint density at radius 3 is 2.38 bits per heavy atom. The van der Waals surface area contributed by atoms with Crippen LogP contribution in [0.1, 0.15) is 16.8 Å². The van der Waals surface area contributed by atoms with Crippen molar-refractivity contribution < 1.29 is 10.2 Å². The first-order valence-corrected chi connectivity index (χ1v) is 5.33. The van der Waals surface area contributed by atoms with Crippen LogP contribution in [0.25, 0.3) is 0 Å². The number of aromatic nitrogens is 1. The highest BCUT2D eigenvalue weighted by molar-refractivity contribution is 5.25. The second-order valence-corrected chi connectivity index (χ2v) is 3.79. The summed E-state index contributed by atoms with van der Waals surface area (Å²) in [6.45, 7) is 0.713. The second kappa shape index (κ2) is 6.55. The van der Waals surface area contributed by atoms with Crippen molar-refractivity contribution >= 4 is 0 Å². The van der Waals surface area contributed by atoms with E-state index in [-0.39, 0.29) is 19.1 Å². The van der Waals surface area contributed by atoms with Crippen molar-refractivity contribution in [3.63, 3.8) is 0 Å². The standard InChI is InChI=1S/C11H19N3O2/c12-3-8-1-10(4-13)11(14-5-8)2-9(6-15)7-16/h1,5,9,15-16H,2-4,6-7,12-13H2. The van der Waals surface area contributed by atoms with Crippen LogP contribution in [-0.4, -0.2) is 28.4 Å². The van der Waals surface area contributed by atoms with Gasteiger partial charge in [-0.05, 0) is 23.6 Å². The summed E-state index contributed by atoms with van der Waals surface area (Å²) in [5.74, 6) is -0.179. The number of rotatable bonds is 6. The number of aliphatic hydroxyl groups is 2. The van der Waals surface area contributed by atoms with E-state index in [1.54, 1.807) is 6.20 Å². The smallest absolute Gasteiger partial charge is 0.0484 e. The van der Waals surface area contributed by atoms with Crippen molar-refractivity contribution in [3.05, 3.63) is 29.1 Å². The van der Waals surface area contributed by atoms with Gasteiger partial charge in [-0.1, -0.05) is 0 Å². The largest absolute Gasteiger partial charge is 0.396 e. The van der Waals surface area contributed by atoms with E-state index >= 15 is 0 Å². The third kappa shape index (κ3) is 3.24. The van der Waals surface area contributed by atoms with Crippen molar-refractivity contribution in [1.29, 1.82) is 0 Å². The maximum Gasteiger partial charge on any atom is 0.0484 e. The van der Waals surface area contributed by atoms with Gasteiger partial charge in [0.05, 0.1) is 0 Å². The topological polar surface area (TPSA) is 105 Å². The lowest BCUT2D eigenvalue weighted by atomic mass is 10.0. The predicted molar refractivity (Wildman–Crippen MR) is 61.4 cm³/mol. The summed E-state index contributed by atoms with van der Waals surface area (Å²) in [6, 6.07) is 1.92. The molecule has 0 atom stereocenters. The minimum absolute atomic E-state index is 0.0547. The highest BCUT2D eigenvalue weighted by Gasteiger charge is 2.11. The zero-order valence-electron chi connectivity index (χ0n) is 9.26. The van der Waals surface area contributed by atoms with Crippen LogP contribution >= 0.6 is 0 Å². The summed E-state index contributed by atoms with van der Waals surface area (Å²) >= 11 is 0. The third-order valence-electron chi connectivity index (χ3n) is 2.57. The maximum atomic E-state index is 9.01. The molecule has 90 valence electrons. The third-order valence-corrected chi connectivity index (χ3v) is 2.57. The molecule has 1 rings (SSSR count). The number of pyridine rings is 1. The average molecular weight is 225 g/mol. The molecule has 0 unspecified atom stereocenters. The van der Waals surface area contributed by atoms with Gasteiger partial charge in [-0.15, -0.1) is 0 Å². The second-order valence-electron chi connectivity index (χ2n) is 3.79. The lowest BCUT2D eigenvalue weighted by Crippen LogP contribution is -2.17. The SMILES string of the molecule is NCc1cnc(CC(CO)CO)c(CN)c1. The molecule has 0 amide bonds. The van der Waals surface area contributed by atoms with Crippen LogP contribution in [-0.2, 0) is 19.5 Å². The summed E-state index contributed by atoms with van der Waals surface area (Å²) in [7, 11) is 0. The summed E-state index contributed by atoms with van der Waals surface area (Å²) in [6.07, 6.45) is 2.24. The number of hydrogen-bond acceptors (Lipinski definition) is 5. The molecule has 6 N–H and O–H groups in total. The minimum Gasteiger partial charge on any atom is -0.396 e. The van der Waals surface area contributed by atoms with Gasteiger partial charge in [0.2, 0.25) is 0 Å². The van der Waals surface area contributed by atoms with Crippen LogP contribution in [0.5, 0.6) is 0 Å². The molecule has 16 heavy (non-hydrogen) atoms. The first-order valence-electron chi connectivity index (χ1n) is 5.33. The van der Waals surface area contributed by atoms with Gasteiger partial charge in [0.15, 0.2) is 0 Å². The van der Waals surface area contributed by atoms with E-state index in [4.69, 9.17) is 21.7 Å². The normalized spacial score (nSPS) is 11.1. The minimum atomic E-state index is -0.179. The van der Waals surface area contributed by atoms with Gasteiger partial charge < -0.3 is 21.7 Å². The van der Waals surface area contributed by atoms with Gasteiger partial charge >= 0.3 is 0 Å². The molecular formula is C11H19N3O2. The monoisotopic (exact) mass is 225 g/mol. The van der Waals surface area contributed by atoms with E-state index < -0.39 is 0 Å². The number of hydrogen-bond donors (Lipinski definition) is 4. The molecule has 5 nitrogen and oxygen atoms in total. The molecule has 0 aliphatic carbocycles. The molecule has 1 aromatic rings. The van der Waals surface area contributed by atoms with E-state index in [1.165, 1.54) is 0 Å². The summed E-state index contributed by atoms with van der Waals surface area (Å²) in [5, 5.41) is 18.0. The summed E-state index contributed by atoms with van der Waals surface area (Å²) < 4.78 is 0. The van der Waals surface area contributed by atoms with Crippen molar-refractivity contribution in [3.8, 4) is 0 Å². The zero-order chi connectivity index (χ0) is 12.0. The van der Waals surface area contributed by atoms with Crippen molar-refractivity contribution in [2.45, 2.75) is 19.5 Å². The maximum absolute atomic E-state index is 9.01. The molecule has 0 aromatic carbocycles. The predicted octanol–water partition coefficient (Wildman–Crippen LogP) is -0.858. The highest BCUT2D eigenvalue weighted by atomic mass is 16.3. The Hall–Kier alpha value is -1.01. The number of nitrogens with two attached hydrogens (primary N) is 2. The highest BCUT2D eigenvalue weighted by Crippen LogP contribution is 2.13. The molecule has 0 radical (unpaired) electrons. The van der Waals surface area contributed by atoms with Crippen LogP contribution in [0.4, 0.5) is 0 Å². The van der Waals surface area contributed by atoms with E-state index in [1.807, 2.05) is 6.07 Å². The lowest BCUT2D eigenvalue weighted by molar-refractivity contribution is 0.149. The number of nitrogens with zero attached hydrogens (tertiary/aromatic N) is 1. The Labute approximate surface area is 95.1 Å². The molecule has 0 spiro atoms. The van der Waals surface area contributed by atoms with Gasteiger partial charge in [-0.3, -0.25) is 4.98 Å². The van der Waals surface area contributed by atoms with Crippen LogP contribution in [0, 0.1) is 5.92 Å². The Morgan fingerprint density at radius 2 is 1.88 bits per heavy atom. The van der Waals surface area contributed by atoms with E-state index in [2.05, 4.69) is 4.98 Å². The Morgan fingerprint density at radius 1 is 1.19 bits per heavy atom.